The minimum absolute atomic E-state index is 0.191. The molecule has 2 N–H and O–H groups in total. The van der Waals surface area contributed by atoms with Crippen LogP contribution in [0.1, 0.15) is 19.4 Å². The molecule has 2 aromatic heterocycles. The van der Waals surface area contributed by atoms with Gasteiger partial charge in [-0.1, -0.05) is 0 Å². The van der Waals surface area contributed by atoms with Crippen LogP contribution in [0.15, 0.2) is 42.0 Å². The number of pyridine rings is 1. The molecule has 0 bridgehead atoms. The highest BCUT2D eigenvalue weighted by atomic mass is 16.5. The average molecular weight is 316 g/mol. The number of hydrogen-bond donors (Lipinski definition) is 2. The van der Waals surface area contributed by atoms with Gasteiger partial charge in [0.2, 0.25) is 0 Å². The van der Waals surface area contributed by atoms with Crippen molar-refractivity contribution in [1.29, 1.82) is 0 Å². The summed E-state index contributed by atoms with van der Waals surface area (Å²) in [7, 11) is 1.69. The highest BCUT2D eigenvalue weighted by Gasteiger charge is 2.05. The molecule has 0 fully saturated rings. The second-order valence-corrected chi connectivity index (χ2v) is 5.19. The number of aromatic nitrogens is 3. The molecule has 2 aromatic rings. The summed E-state index contributed by atoms with van der Waals surface area (Å²) in [5, 5.41) is 6.55. The Hall–Kier alpha value is -2.41. The maximum Gasteiger partial charge on any atom is 0.191 e. The lowest BCUT2D eigenvalue weighted by Gasteiger charge is -2.17. The molecule has 23 heavy (non-hydrogen) atoms. The number of methoxy groups -OCH3 is 1. The van der Waals surface area contributed by atoms with Gasteiger partial charge in [-0.15, -0.1) is 0 Å². The van der Waals surface area contributed by atoms with E-state index in [4.69, 9.17) is 4.74 Å². The first-order valence-corrected chi connectivity index (χ1v) is 7.70. The van der Waals surface area contributed by atoms with Crippen molar-refractivity contribution in [2.75, 3.05) is 20.3 Å². The molecule has 0 aromatic carbocycles. The molecule has 7 nitrogen and oxygen atoms in total. The third-order valence-corrected chi connectivity index (χ3v) is 3.14. The minimum Gasteiger partial charge on any atom is -0.383 e. The van der Waals surface area contributed by atoms with Crippen molar-refractivity contribution in [3.05, 3.63) is 42.6 Å². The van der Waals surface area contributed by atoms with E-state index in [1.165, 1.54) is 0 Å². The standard InChI is InChI=1S/C16H24N6O/c1-4-18-16(21-13(2)11-23-3)20-10-14-5-6-19-15(9-14)22-8-7-17-12-22/h5-9,12-13H,4,10-11H2,1-3H3,(H2,18,20,21). The summed E-state index contributed by atoms with van der Waals surface area (Å²) in [5.41, 5.74) is 1.08. The van der Waals surface area contributed by atoms with Gasteiger partial charge in [-0.2, -0.15) is 0 Å². The van der Waals surface area contributed by atoms with Gasteiger partial charge in [0.15, 0.2) is 5.96 Å². The molecular formula is C16H24N6O. The Bertz CT molecular complexity index is 611. The van der Waals surface area contributed by atoms with Crippen LogP contribution in [0.25, 0.3) is 5.82 Å². The summed E-state index contributed by atoms with van der Waals surface area (Å²) in [6, 6.07) is 4.16. The van der Waals surface area contributed by atoms with Crippen molar-refractivity contribution in [3.8, 4) is 5.82 Å². The van der Waals surface area contributed by atoms with Crippen LogP contribution >= 0.6 is 0 Å². The summed E-state index contributed by atoms with van der Waals surface area (Å²) in [5.74, 6) is 1.61. The fraction of sp³-hybridized carbons (Fsp3) is 0.438. The quantitative estimate of drug-likeness (QED) is 0.596. The van der Waals surface area contributed by atoms with Crippen molar-refractivity contribution in [3.63, 3.8) is 0 Å². The van der Waals surface area contributed by atoms with Gasteiger partial charge in [-0.3, -0.25) is 4.57 Å². The predicted octanol–water partition coefficient (Wildman–Crippen LogP) is 1.36. The fourth-order valence-electron chi connectivity index (χ4n) is 2.11. The van der Waals surface area contributed by atoms with Crippen LogP contribution in [-0.2, 0) is 11.3 Å². The van der Waals surface area contributed by atoms with Crippen molar-refractivity contribution in [1.82, 2.24) is 25.2 Å². The Morgan fingerprint density at radius 2 is 2.30 bits per heavy atom. The predicted molar refractivity (Wildman–Crippen MR) is 90.6 cm³/mol. The molecule has 0 amide bonds. The Morgan fingerprint density at radius 3 is 3.00 bits per heavy atom. The van der Waals surface area contributed by atoms with Crippen LogP contribution in [-0.4, -0.2) is 46.8 Å². The van der Waals surface area contributed by atoms with Gasteiger partial charge in [0.1, 0.15) is 12.1 Å². The molecule has 0 radical (unpaired) electrons. The van der Waals surface area contributed by atoms with E-state index >= 15 is 0 Å². The topological polar surface area (TPSA) is 76.4 Å². The van der Waals surface area contributed by atoms with Crippen LogP contribution in [0.3, 0.4) is 0 Å². The van der Waals surface area contributed by atoms with Gasteiger partial charge >= 0.3 is 0 Å². The molecule has 7 heteroatoms. The van der Waals surface area contributed by atoms with E-state index in [9.17, 15) is 0 Å². The number of guanidine groups is 1. The van der Waals surface area contributed by atoms with Crippen LogP contribution in [0.2, 0.25) is 0 Å². The molecule has 0 saturated heterocycles. The van der Waals surface area contributed by atoms with Crippen LogP contribution < -0.4 is 10.6 Å². The average Bonchev–Trinajstić information content (AvgIpc) is 3.08. The number of nitrogens with zero attached hydrogens (tertiary/aromatic N) is 4. The van der Waals surface area contributed by atoms with Crippen LogP contribution in [0, 0.1) is 0 Å². The SMILES string of the molecule is CCNC(=NCc1ccnc(-n2ccnc2)c1)NC(C)COC. The molecule has 124 valence electrons. The monoisotopic (exact) mass is 316 g/mol. The highest BCUT2D eigenvalue weighted by molar-refractivity contribution is 5.80. The van der Waals surface area contributed by atoms with E-state index in [0.29, 0.717) is 13.2 Å². The minimum atomic E-state index is 0.191. The number of hydrogen-bond acceptors (Lipinski definition) is 4. The maximum atomic E-state index is 5.14. The van der Waals surface area contributed by atoms with E-state index in [2.05, 4.69) is 32.5 Å². The van der Waals surface area contributed by atoms with Crippen molar-refractivity contribution in [2.24, 2.45) is 4.99 Å². The van der Waals surface area contributed by atoms with Gasteiger partial charge in [0, 0.05) is 38.3 Å². The lowest BCUT2D eigenvalue weighted by Crippen LogP contribution is -2.43. The van der Waals surface area contributed by atoms with E-state index in [0.717, 1.165) is 23.9 Å². The Balaban J connectivity index is 2.05. The molecule has 0 aliphatic heterocycles. The maximum absolute atomic E-state index is 5.14. The van der Waals surface area contributed by atoms with Crippen molar-refractivity contribution in [2.45, 2.75) is 26.4 Å². The molecular weight excluding hydrogens is 292 g/mol. The van der Waals surface area contributed by atoms with Crippen LogP contribution in [0.4, 0.5) is 0 Å². The number of imidazole rings is 1. The summed E-state index contributed by atoms with van der Waals surface area (Å²) in [6.45, 7) is 6.10. The molecule has 0 aliphatic rings. The summed E-state index contributed by atoms with van der Waals surface area (Å²) in [6.07, 6.45) is 7.12. The molecule has 0 spiro atoms. The second kappa shape index (κ2) is 8.89. The number of nitrogens with one attached hydrogen (secondary N) is 2. The lowest BCUT2D eigenvalue weighted by atomic mass is 10.2. The third-order valence-electron chi connectivity index (χ3n) is 3.14. The van der Waals surface area contributed by atoms with Gasteiger partial charge in [0.25, 0.3) is 0 Å². The summed E-state index contributed by atoms with van der Waals surface area (Å²) < 4.78 is 7.01. The number of rotatable bonds is 7. The highest BCUT2D eigenvalue weighted by Crippen LogP contribution is 2.08. The van der Waals surface area contributed by atoms with Gasteiger partial charge < -0.3 is 15.4 Å². The summed E-state index contributed by atoms with van der Waals surface area (Å²) in [4.78, 5) is 13.0. The third kappa shape index (κ3) is 5.37. The first-order valence-electron chi connectivity index (χ1n) is 7.70. The molecule has 1 atom stereocenters. The van der Waals surface area contributed by atoms with E-state index in [1.54, 1.807) is 25.8 Å². The Kier molecular flexibility index (Phi) is 6.56. The zero-order valence-corrected chi connectivity index (χ0v) is 13.9. The first kappa shape index (κ1) is 17.0. The molecule has 1 unspecified atom stereocenters. The van der Waals surface area contributed by atoms with Crippen molar-refractivity contribution >= 4 is 5.96 Å². The molecule has 0 aliphatic carbocycles. The largest absolute Gasteiger partial charge is 0.383 e. The fourth-order valence-corrected chi connectivity index (χ4v) is 2.11. The smallest absolute Gasteiger partial charge is 0.191 e. The zero-order valence-electron chi connectivity index (χ0n) is 13.9. The van der Waals surface area contributed by atoms with E-state index in [-0.39, 0.29) is 6.04 Å². The molecule has 2 heterocycles. The Labute approximate surface area is 136 Å². The lowest BCUT2D eigenvalue weighted by molar-refractivity contribution is 0.179. The normalized spacial score (nSPS) is 12.9. The van der Waals surface area contributed by atoms with E-state index in [1.807, 2.05) is 29.8 Å². The molecule has 2 rings (SSSR count). The van der Waals surface area contributed by atoms with E-state index < -0.39 is 0 Å². The summed E-state index contributed by atoms with van der Waals surface area (Å²) >= 11 is 0. The van der Waals surface area contributed by atoms with Gasteiger partial charge in [-0.25, -0.2) is 15.0 Å². The van der Waals surface area contributed by atoms with Crippen molar-refractivity contribution < 1.29 is 4.74 Å². The first-order chi connectivity index (χ1) is 11.2. The number of ether oxygens (including phenoxy) is 1. The molecule has 0 saturated carbocycles. The van der Waals surface area contributed by atoms with Crippen LogP contribution in [0.5, 0.6) is 0 Å². The van der Waals surface area contributed by atoms with Gasteiger partial charge in [-0.05, 0) is 31.5 Å². The van der Waals surface area contributed by atoms with Gasteiger partial charge in [0.05, 0.1) is 13.2 Å². The zero-order chi connectivity index (χ0) is 16.5. The second-order valence-electron chi connectivity index (χ2n) is 5.19. The number of aliphatic imine (C=N–C) groups is 1. The Morgan fingerprint density at radius 1 is 1.43 bits per heavy atom.